The van der Waals surface area contributed by atoms with Crippen molar-refractivity contribution < 1.29 is 14.3 Å². The van der Waals surface area contributed by atoms with Gasteiger partial charge in [-0.2, -0.15) is 5.10 Å². The number of nitrogens with two attached hydrogens (primary N) is 1. The molecule has 0 fully saturated rings. The van der Waals surface area contributed by atoms with Crippen LogP contribution in [0.4, 0.5) is 5.82 Å². The van der Waals surface area contributed by atoms with Crippen LogP contribution in [0.1, 0.15) is 16.8 Å². The summed E-state index contributed by atoms with van der Waals surface area (Å²) in [6.45, 7) is 3.91. The Labute approximate surface area is 122 Å². The molecule has 7 heteroatoms. The molecule has 7 nitrogen and oxygen atoms in total. The molecule has 0 aliphatic heterocycles. The van der Waals surface area contributed by atoms with E-state index in [0.717, 1.165) is 16.9 Å². The highest BCUT2D eigenvalue weighted by Gasteiger charge is 2.12. The third-order valence-corrected chi connectivity index (χ3v) is 3.07. The second-order valence-electron chi connectivity index (χ2n) is 4.65. The van der Waals surface area contributed by atoms with Crippen molar-refractivity contribution >= 4 is 11.8 Å². The molecular formula is C14H18N4O3. The molecule has 0 saturated carbocycles. The van der Waals surface area contributed by atoms with Gasteiger partial charge in [0.1, 0.15) is 24.7 Å². The molecule has 0 atom stereocenters. The van der Waals surface area contributed by atoms with E-state index in [1.54, 1.807) is 25.6 Å². The number of aromatic nitrogens is 3. The smallest absolute Gasteiger partial charge is 0.328 e. The van der Waals surface area contributed by atoms with Crippen molar-refractivity contribution in [3.05, 3.63) is 35.3 Å². The highest BCUT2D eigenvalue weighted by Crippen LogP contribution is 2.24. The van der Waals surface area contributed by atoms with Crippen molar-refractivity contribution in [2.45, 2.75) is 27.0 Å². The van der Waals surface area contributed by atoms with E-state index in [4.69, 9.17) is 15.2 Å². The topological polar surface area (TPSA) is 92.3 Å². The minimum Gasteiger partial charge on any atom is -0.496 e. The number of ether oxygens (including phenoxy) is 2. The molecule has 112 valence electrons. The number of nitrogens with zero attached hydrogens (tertiary/aromatic N) is 3. The zero-order valence-corrected chi connectivity index (χ0v) is 12.3. The Morgan fingerprint density at radius 1 is 1.43 bits per heavy atom. The van der Waals surface area contributed by atoms with Crippen LogP contribution < -0.4 is 10.5 Å². The standard InChI is InChI=1S/C14H18N4O3/c1-9-6-16-11(10(2)14(9)20-3)8-21-13(19)7-18-5-4-12(15)17-18/h4-6H,7-8H2,1-3H3,(H2,15,17). The van der Waals surface area contributed by atoms with Gasteiger partial charge in [0.15, 0.2) is 0 Å². The van der Waals surface area contributed by atoms with Crippen LogP contribution in [0.15, 0.2) is 18.5 Å². The summed E-state index contributed by atoms with van der Waals surface area (Å²) in [4.78, 5) is 16.0. The van der Waals surface area contributed by atoms with E-state index < -0.39 is 5.97 Å². The summed E-state index contributed by atoms with van der Waals surface area (Å²) in [5, 5.41) is 3.92. The monoisotopic (exact) mass is 290 g/mol. The second-order valence-corrected chi connectivity index (χ2v) is 4.65. The molecule has 2 N–H and O–H groups in total. The molecule has 2 aromatic heterocycles. The average Bonchev–Trinajstić information content (AvgIpc) is 2.84. The summed E-state index contributed by atoms with van der Waals surface area (Å²) < 4.78 is 11.9. The van der Waals surface area contributed by atoms with Crippen LogP contribution in [0.5, 0.6) is 5.75 Å². The maximum absolute atomic E-state index is 11.7. The molecule has 0 radical (unpaired) electrons. The number of carbonyl (C=O) groups is 1. The number of esters is 1. The van der Waals surface area contributed by atoms with Crippen molar-refractivity contribution in [2.24, 2.45) is 0 Å². The summed E-state index contributed by atoms with van der Waals surface area (Å²) in [5.74, 6) is 0.721. The maximum atomic E-state index is 11.7. The molecule has 0 amide bonds. The fourth-order valence-corrected chi connectivity index (χ4v) is 2.01. The highest BCUT2D eigenvalue weighted by molar-refractivity contribution is 5.69. The number of rotatable bonds is 5. The SMILES string of the molecule is COc1c(C)cnc(COC(=O)Cn2ccc(N)n2)c1C. The van der Waals surface area contributed by atoms with Gasteiger partial charge in [0, 0.05) is 23.5 Å². The van der Waals surface area contributed by atoms with Crippen LogP contribution in [0.3, 0.4) is 0 Å². The zero-order chi connectivity index (χ0) is 15.4. The van der Waals surface area contributed by atoms with Crippen LogP contribution in [0.2, 0.25) is 0 Å². The van der Waals surface area contributed by atoms with E-state index >= 15 is 0 Å². The number of hydrogen-bond acceptors (Lipinski definition) is 6. The molecule has 0 aliphatic rings. The van der Waals surface area contributed by atoms with Crippen LogP contribution in [-0.4, -0.2) is 27.8 Å². The van der Waals surface area contributed by atoms with Gasteiger partial charge in [-0.15, -0.1) is 0 Å². The van der Waals surface area contributed by atoms with Gasteiger partial charge in [-0.25, -0.2) is 0 Å². The fourth-order valence-electron chi connectivity index (χ4n) is 2.01. The Hall–Kier alpha value is -2.57. The van der Waals surface area contributed by atoms with Crippen molar-refractivity contribution in [1.29, 1.82) is 0 Å². The summed E-state index contributed by atoms with van der Waals surface area (Å²) in [6.07, 6.45) is 3.32. The molecular weight excluding hydrogens is 272 g/mol. The van der Waals surface area contributed by atoms with Gasteiger partial charge in [-0.3, -0.25) is 14.5 Å². The van der Waals surface area contributed by atoms with Crippen molar-refractivity contribution in [1.82, 2.24) is 14.8 Å². The third kappa shape index (κ3) is 3.50. The Balaban J connectivity index is 1.98. The van der Waals surface area contributed by atoms with Gasteiger partial charge in [-0.1, -0.05) is 0 Å². The van der Waals surface area contributed by atoms with Crippen LogP contribution in [0.25, 0.3) is 0 Å². The largest absolute Gasteiger partial charge is 0.496 e. The Morgan fingerprint density at radius 2 is 2.19 bits per heavy atom. The first kappa shape index (κ1) is 14.8. The summed E-state index contributed by atoms with van der Waals surface area (Å²) in [7, 11) is 1.60. The number of nitrogen functional groups attached to an aromatic ring is 1. The third-order valence-electron chi connectivity index (χ3n) is 3.07. The molecule has 0 spiro atoms. The minimum atomic E-state index is -0.404. The van der Waals surface area contributed by atoms with Crippen molar-refractivity contribution in [3.8, 4) is 5.75 Å². The number of pyridine rings is 1. The van der Waals surface area contributed by atoms with E-state index in [1.165, 1.54) is 4.68 Å². The number of anilines is 1. The average molecular weight is 290 g/mol. The number of aryl methyl sites for hydroxylation is 1. The first-order chi connectivity index (χ1) is 10.0. The molecule has 0 bridgehead atoms. The lowest BCUT2D eigenvalue weighted by molar-refractivity contribution is -0.146. The summed E-state index contributed by atoms with van der Waals surface area (Å²) in [5.41, 5.74) is 7.96. The molecule has 0 aromatic carbocycles. The molecule has 2 rings (SSSR count). The highest BCUT2D eigenvalue weighted by atomic mass is 16.5. The molecule has 0 aliphatic carbocycles. The number of methoxy groups -OCH3 is 1. The van der Waals surface area contributed by atoms with E-state index in [9.17, 15) is 4.79 Å². The van der Waals surface area contributed by atoms with Crippen molar-refractivity contribution in [3.63, 3.8) is 0 Å². The van der Waals surface area contributed by atoms with Gasteiger partial charge in [0.25, 0.3) is 0 Å². The fraction of sp³-hybridized carbons (Fsp3) is 0.357. The molecule has 2 heterocycles. The molecule has 0 unspecified atom stereocenters. The Bertz CT molecular complexity index is 652. The summed E-state index contributed by atoms with van der Waals surface area (Å²) >= 11 is 0. The molecule has 2 aromatic rings. The van der Waals surface area contributed by atoms with Gasteiger partial charge < -0.3 is 15.2 Å². The van der Waals surface area contributed by atoms with E-state index in [-0.39, 0.29) is 13.2 Å². The van der Waals surface area contributed by atoms with E-state index in [2.05, 4.69) is 10.1 Å². The van der Waals surface area contributed by atoms with E-state index in [1.807, 2.05) is 13.8 Å². The van der Waals surface area contributed by atoms with Gasteiger partial charge in [0.2, 0.25) is 0 Å². The minimum absolute atomic E-state index is 0.0131. The number of carbonyl (C=O) groups excluding carboxylic acids is 1. The maximum Gasteiger partial charge on any atom is 0.328 e. The van der Waals surface area contributed by atoms with Crippen molar-refractivity contribution in [2.75, 3.05) is 12.8 Å². The lowest BCUT2D eigenvalue weighted by atomic mass is 10.1. The van der Waals surface area contributed by atoms with Gasteiger partial charge >= 0.3 is 5.97 Å². The lowest BCUT2D eigenvalue weighted by Gasteiger charge is -2.12. The van der Waals surface area contributed by atoms with Crippen LogP contribution in [-0.2, 0) is 22.7 Å². The van der Waals surface area contributed by atoms with Gasteiger partial charge in [-0.05, 0) is 19.9 Å². The van der Waals surface area contributed by atoms with E-state index in [0.29, 0.717) is 11.5 Å². The predicted octanol–water partition coefficient (Wildman–Crippen LogP) is 1.23. The normalized spacial score (nSPS) is 10.4. The number of hydrogen-bond donors (Lipinski definition) is 1. The first-order valence-electron chi connectivity index (χ1n) is 6.45. The van der Waals surface area contributed by atoms with Crippen LogP contribution >= 0.6 is 0 Å². The second kappa shape index (κ2) is 6.25. The van der Waals surface area contributed by atoms with Gasteiger partial charge in [0.05, 0.1) is 12.8 Å². The summed E-state index contributed by atoms with van der Waals surface area (Å²) in [6, 6.07) is 1.61. The Morgan fingerprint density at radius 3 is 2.81 bits per heavy atom. The Kier molecular flexibility index (Phi) is 4.42. The van der Waals surface area contributed by atoms with Crippen LogP contribution in [0, 0.1) is 13.8 Å². The zero-order valence-electron chi connectivity index (χ0n) is 12.3. The predicted molar refractivity (Wildman–Crippen MR) is 76.7 cm³/mol. The molecule has 21 heavy (non-hydrogen) atoms. The first-order valence-corrected chi connectivity index (χ1v) is 6.45. The lowest BCUT2D eigenvalue weighted by Crippen LogP contribution is -2.15. The molecule has 0 saturated heterocycles. The quantitative estimate of drug-likeness (QED) is 0.833.